The molecule has 4 nitrogen and oxygen atoms in total. The van der Waals surface area contributed by atoms with Gasteiger partial charge in [0.05, 0.1) is 12.1 Å². The van der Waals surface area contributed by atoms with Crippen LogP contribution in [0.4, 0.5) is 0 Å². The lowest BCUT2D eigenvalue weighted by Gasteiger charge is -2.31. The first-order valence-corrected chi connectivity index (χ1v) is 6.68. The van der Waals surface area contributed by atoms with Gasteiger partial charge in [-0.1, -0.05) is 0 Å². The SMILES string of the molecule is Cc1ccsc1CNC(=O)C1(N)CCOCC1.Cl. The van der Waals surface area contributed by atoms with Crippen LogP contribution in [-0.4, -0.2) is 24.7 Å². The van der Waals surface area contributed by atoms with Crippen molar-refractivity contribution in [2.75, 3.05) is 13.2 Å². The summed E-state index contributed by atoms with van der Waals surface area (Å²) in [4.78, 5) is 13.2. The van der Waals surface area contributed by atoms with Gasteiger partial charge in [0.1, 0.15) is 0 Å². The number of hydrogen-bond donors (Lipinski definition) is 2. The first kappa shape index (κ1) is 15.4. The average molecular weight is 291 g/mol. The van der Waals surface area contributed by atoms with E-state index >= 15 is 0 Å². The topological polar surface area (TPSA) is 64.4 Å². The van der Waals surface area contributed by atoms with Crippen LogP contribution in [-0.2, 0) is 16.1 Å². The van der Waals surface area contributed by atoms with Crippen LogP contribution in [0.25, 0.3) is 0 Å². The summed E-state index contributed by atoms with van der Waals surface area (Å²) in [5, 5.41) is 4.96. The maximum atomic E-state index is 12.0. The second-order valence-electron chi connectivity index (χ2n) is 4.48. The predicted octanol–water partition coefficient (Wildman–Crippen LogP) is 1.60. The molecule has 0 unspecified atom stereocenters. The van der Waals surface area contributed by atoms with Gasteiger partial charge < -0.3 is 15.8 Å². The smallest absolute Gasteiger partial charge is 0.240 e. The van der Waals surface area contributed by atoms with E-state index in [1.165, 1.54) is 10.4 Å². The molecule has 0 aromatic carbocycles. The van der Waals surface area contributed by atoms with E-state index in [1.807, 2.05) is 12.3 Å². The van der Waals surface area contributed by atoms with Crippen LogP contribution in [0.5, 0.6) is 0 Å². The minimum absolute atomic E-state index is 0. The highest BCUT2D eigenvalue weighted by atomic mass is 35.5. The van der Waals surface area contributed by atoms with Crippen molar-refractivity contribution < 1.29 is 9.53 Å². The van der Waals surface area contributed by atoms with Crippen LogP contribution in [0.15, 0.2) is 11.4 Å². The third kappa shape index (κ3) is 3.45. The molecule has 102 valence electrons. The summed E-state index contributed by atoms with van der Waals surface area (Å²) < 4.78 is 5.23. The van der Waals surface area contributed by atoms with Crippen LogP contribution < -0.4 is 11.1 Å². The number of nitrogens with one attached hydrogen (secondary N) is 1. The van der Waals surface area contributed by atoms with Gasteiger partial charge in [0.2, 0.25) is 5.91 Å². The fourth-order valence-electron chi connectivity index (χ4n) is 1.88. The zero-order chi connectivity index (χ0) is 12.3. The fraction of sp³-hybridized carbons (Fsp3) is 0.583. The Morgan fingerprint density at radius 3 is 2.78 bits per heavy atom. The molecule has 1 saturated heterocycles. The van der Waals surface area contributed by atoms with Gasteiger partial charge in [0.25, 0.3) is 0 Å². The Kier molecular flexibility index (Phi) is 5.59. The van der Waals surface area contributed by atoms with Gasteiger partial charge in [-0.3, -0.25) is 4.79 Å². The number of aryl methyl sites for hydroxylation is 1. The number of carbonyl (C=O) groups is 1. The Morgan fingerprint density at radius 1 is 1.56 bits per heavy atom. The largest absolute Gasteiger partial charge is 0.381 e. The number of halogens is 1. The van der Waals surface area contributed by atoms with Crippen LogP contribution in [0.2, 0.25) is 0 Å². The standard InChI is InChI=1S/C12H18N2O2S.ClH/c1-9-2-7-17-10(9)8-14-11(15)12(13)3-5-16-6-4-12;/h2,7H,3-6,8,13H2,1H3,(H,14,15);1H. The van der Waals surface area contributed by atoms with Crippen molar-refractivity contribution in [3.8, 4) is 0 Å². The van der Waals surface area contributed by atoms with Crippen molar-refractivity contribution in [3.05, 3.63) is 21.9 Å². The van der Waals surface area contributed by atoms with E-state index in [-0.39, 0.29) is 18.3 Å². The minimum Gasteiger partial charge on any atom is -0.381 e. The predicted molar refractivity (Wildman–Crippen MR) is 75.1 cm³/mol. The second-order valence-corrected chi connectivity index (χ2v) is 5.48. The molecule has 2 heterocycles. The number of thiophene rings is 1. The third-order valence-electron chi connectivity index (χ3n) is 3.21. The minimum atomic E-state index is -0.747. The lowest BCUT2D eigenvalue weighted by Crippen LogP contribution is -2.56. The average Bonchev–Trinajstić information content (AvgIpc) is 2.73. The van der Waals surface area contributed by atoms with Gasteiger partial charge >= 0.3 is 0 Å². The Hall–Kier alpha value is -0.620. The molecule has 0 bridgehead atoms. The van der Waals surface area contributed by atoms with Crippen molar-refractivity contribution in [2.24, 2.45) is 5.73 Å². The van der Waals surface area contributed by atoms with Crippen molar-refractivity contribution in [1.82, 2.24) is 5.32 Å². The van der Waals surface area contributed by atoms with Gasteiger partial charge in [0, 0.05) is 18.1 Å². The zero-order valence-electron chi connectivity index (χ0n) is 10.4. The highest BCUT2D eigenvalue weighted by Crippen LogP contribution is 2.19. The number of ether oxygens (including phenoxy) is 1. The van der Waals surface area contributed by atoms with Crippen molar-refractivity contribution in [3.63, 3.8) is 0 Å². The molecule has 1 aromatic heterocycles. The van der Waals surface area contributed by atoms with Gasteiger partial charge in [-0.05, 0) is 36.8 Å². The fourth-order valence-corrected chi connectivity index (χ4v) is 2.73. The van der Waals surface area contributed by atoms with E-state index in [4.69, 9.17) is 10.5 Å². The van der Waals surface area contributed by atoms with E-state index in [2.05, 4.69) is 11.4 Å². The molecule has 1 aliphatic rings. The van der Waals surface area contributed by atoms with E-state index in [0.717, 1.165) is 0 Å². The molecular weight excluding hydrogens is 272 g/mol. The molecule has 18 heavy (non-hydrogen) atoms. The summed E-state index contributed by atoms with van der Waals surface area (Å²) in [6, 6.07) is 2.05. The van der Waals surface area contributed by atoms with Gasteiger partial charge in [-0.2, -0.15) is 0 Å². The van der Waals surface area contributed by atoms with Crippen molar-refractivity contribution in [2.45, 2.75) is 31.8 Å². The maximum absolute atomic E-state index is 12.0. The molecule has 0 spiro atoms. The summed E-state index contributed by atoms with van der Waals surface area (Å²) in [6.07, 6.45) is 1.20. The van der Waals surface area contributed by atoms with E-state index < -0.39 is 5.54 Å². The van der Waals surface area contributed by atoms with E-state index in [0.29, 0.717) is 32.6 Å². The molecule has 1 aromatic rings. The van der Waals surface area contributed by atoms with E-state index in [1.54, 1.807) is 11.3 Å². The monoisotopic (exact) mass is 290 g/mol. The summed E-state index contributed by atoms with van der Waals surface area (Å²) >= 11 is 1.66. The number of nitrogens with two attached hydrogens (primary N) is 1. The third-order valence-corrected chi connectivity index (χ3v) is 4.24. The highest BCUT2D eigenvalue weighted by molar-refractivity contribution is 7.10. The molecule has 0 saturated carbocycles. The molecule has 1 fully saturated rings. The van der Waals surface area contributed by atoms with Gasteiger partial charge in [-0.15, -0.1) is 23.7 Å². The number of rotatable bonds is 3. The highest BCUT2D eigenvalue weighted by Gasteiger charge is 2.35. The lowest BCUT2D eigenvalue weighted by molar-refractivity contribution is -0.129. The Bertz CT molecular complexity index is 403. The molecular formula is C12H19ClN2O2S. The van der Waals surface area contributed by atoms with Crippen LogP contribution in [0, 0.1) is 6.92 Å². The number of amides is 1. The number of hydrogen-bond acceptors (Lipinski definition) is 4. The summed E-state index contributed by atoms with van der Waals surface area (Å²) in [5.74, 6) is -0.0615. The molecule has 1 amide bonds. The summed E-state index contributed by atoms with van der Waals surface area (Å²) in [5.41, 5.74) is 6.56. The maximum Gasteiger partial charge on any atom is 0.240 e. The van der Waals surface area contributed by atoms with Crippen molar-refractivity contribution in [1.29, 1.82) is 0 Å². The Balaban J connectivity index is 0.00000162. The summed E-state index contributed by atoms with van der Waals surface area (Å²) in [7, 11) is 0. The molecule has 1 aliphatic heterocycles. The first-order chi connectivity index (χ1) is 8.12. The normalized spacial score (nSPS) is 17.9. The number of carbonyl (C=O) groups excluding carboxylic acids is 1. The molecule has 6 heteroatoms. The quantitative estimate of drug-likeness (QED) is 0.889. The second kappa shape index (κ2) is 6.52. The molecule has 3 N–H and O–H groups in total. The molecule has 0 atom stereocenters. The van der Waals surface area contributed by atoms with Gasteiger partial charge in [-0.25, -0.2) is 0 Å². The Morgan fingerprint density at radius 2 is 2.22 bits per heavy atom. The Labute approximate surface area is 117 Å². The van der Waals surface area contributed by atoms with Crippen LogP contribution in [0.3, 0.4) is 0 Å². The molecule has 2 rings (SSSR count). The molecule has 0 radical (unpaired) electrons. The first-order valence-electron chi connectivity index (χ1n) is 5.80. The lowest BCUT2D eigenvalue weighted by atomic mass is 9.90. The van der Waals surface area contributed by atoms with Crippen molar-refractivity contribution >= 4 is 29.7 Å². The van der Waals surface area contributed by atoms with Gasteiger partial charge in [0.15, 0.2) is 0 Å². The summed E-state index contributed by atoms with van der Waals surface area (Å²) in [6.45, 7) is 3.76. The van der Waals surface area contributed by atoms with Crippen LogP contribution in [0.1, 0.15) is 23.3 Å². The molecule has 0 aliphatic carbocycles. The zero-order valence-corrected chi connectivity index (χ0v) is 12.0. The van der Waals surface area contributed by atoms with Crippen LogP contribution >= 0.6 is 23.7 Å². The van der Waals surface area contributed by atoms with E-state index in [9.17, 15) is 4.79 Å².